The predicted octanol–water partition coefficient (Wildman–Crippen LogP) is 1.15. The SMILES string of the molecule is CS(=O)(=O)NC1CCN(c2ncnc3ccccc23)CC1. The summed E-state index contributed by atoms with van der Waals surface area (Å²) in [4.78, 5) is 10.9. The fraction of sp³-hybridized carbons (Fsp3) is 0.429. The molecule has 1 N–H and O–H groups in total. The monoisotopic (exact) mass is 306 g/mol. The zero-order valence-electron chi connectivity index (χ0n) is 11.9. The summed E-state index contributed by atoms with van der Waals surface area (Å²) in [7, 11) is -3.13. The van der Waals surface area contributed by atoms with Crippen LogP contribution < -0.4 is 9.62 Å². The maximum atomic E-state index is 11.3. The van der Waals surface area contributed by atoms with E-state index in [-0.39, 0.29) is 6.04 Å². The number of sulfonamides is 1. The summed E-state index contributed by atoms with van der Waals surface area (Å²) in [5.74, 6) is 0.929. The van der Waals surface area contributed by atoms with Gasteiger partial charge in [-0.3, -0.25) is 0 Å². The van der Waals surface area contributed by atoms with Crippen LogP contribution in [0.5, 0.6) is 0 Å². The zero-order valence-corrected chi connectivity index (χ0v) is 12.7. The van der Waals surface area contributed by atoms with Gasteiger partial charge in [0.2, 0.25) is 10.0 Å². The van der Waals surface area contributed by atoms with Crippen LogP contribution in [0.25, 0.3) is 10.9 Å². The predicted molar refractivity (Wildman–Crippen MR) is 82.8 cm³/mol. The molecule has 0 aliphatic carbocycles. The van der Waals surface area contributed by atoms with Gasteiger partial charge >= 0.3 is 0 Å². The molecule has 0 spiro atoms. The average Bonchev–Trinajstić information content (AvgIpc) is 2.46. The van der Waals surface area contributed by atoms with Crippen molar-refractivity contribution in [3.63, 3.8) is 0 Å². The lowest BCUT2D eigenvalue weighted by molar-refractivity contribution is 0.460. The third-order valence-electron chi connectivity index (χ3n) is 3.70. The van der Waals surface area contributed by atoms with Crippen molar-refractivity contribution in [3.05, 3.63) is 30.6 Å². The Labute approximate surface area is 124 Å². The Morgan fingerprint density at radius 3 is 2.62 bits per heavy atom. The van der Waals surface area contributed by atoms with Gasteiger partial charge in [0.05, 0.1) is 11.8 Å². The number of piperidine rings is 1. The lowest BCUT2D eigenvalue weighted by Crippen LogP contribution is -2.44. The first-order chi connectivity index (χ1) is 10.0. The zero-order chi connectivity index (χ0) is 14.9. The molecule has 1 aromatic carbocycles. The number of nitrogens with zero attached hydrogens (tertiary/aromatic N) is 3. The fourth-order valence-electron chi connectivity index (χ4n) is 2.75. The van der Waals surface area contributed by atoms with E-state index in [9.17, 15) is 8.42 Å². The molecule has 0 amide bonds. The minimum absolute atomic E-state index is 0.0179. The average molecular weight is 306 g/mol. The maximum Gasteiger partial charge on any atom is 0.208 e. The van der Waals surface area contributed by atoms with Gasteiger partial charge in [0.25, 0.3) is 0 Å². The Hall–Kier alpha value is -1.73. The second-order valence-electron chi connectivity index (χ2n) is 5.37. The molecule has 1 aromatic heterocycles. The highest BCUT2D eigenvalue weighted by atomic mass is 32.2. The van der Waals surface area contributed by atoms with E-state index in [0.29, 0.717) is 0 Å². The van der Waals surface area contributed by atoms with Crippen LogP contribution in [0.1, 0.15) is 12.8 Å². The van der Waals surface area contributed by atoms with E-state index in [4.69, 9.17) is 0 Å². The molecule has 1 fully saturated rings. The standard InChI is InChI=1S/C14H18N4O2S/c1-21(19,20)17-11-6-8-18(9-7-11)14-12-4-2-3-5-13(12)15-10-16-14/h2-5,10-11,17H,6-9H2,1H3. The first-order valence-corrected chi connectivity index (χ1v) is 8.84. The molecule has 112 valence electrons. The number of anilines is 1. The van der Waals surface area contributed by atoms with Crippen molar-refractivity contribution in [3.8, 4) is 0 Å². The molecule has 1 aliphatic heterocycles. The summed E-state index contributed by atoms with van der Waals surface area (Å²) >= 11 is 0. The van der Waals surface area contributed by atoms with Crippen molar-refractivity contribution in [2.75, 3.05) is 24.2 Å². The van der Waals surface area contributed by atoms with E-state index in [2.05, 4.69) is 19.6 Å². The largest absolute Gasteiger partial charge is 0.356 e. The van der Waals surface area contributed by atoms with Gasteiger partial charge in [0.15, 0.2) is 0 Å². The van der Waals surface area contributed by atoms with E-state index in [1.165, 1.54) is 6.26 Å². The molecule has 0 bridgehead atoms. The van der Waals surface area contributed by atoms with Crippen molar-refractivity contribution in [1.82, 2.24) is 14.7 Å². The Morgan fingerprint density at radius 1 is 1.19 bits per heavy atom. The summed E-state index contributed by atoms with van der Waals surface area (Å²) < 4.78 is 25.2. The van der Waals surface area contributed by atoms with Crippen molar-refractivity contribution < 1.29 is 8.42 Å². The van der Waals surface area contributed by atoms with Gasteiger partial charge in [0, 0.05) is 24.5 Å². The summed E-state index contributed by atoms with van der Waals surface area (Å²) in [6.45, 7) is 1.57. The maximum absolute atomic E-state index is 11.3. The number of rotatable bonds is 3. The lowest BCUT2D eigenvalue weighted by Gasteiger charge is -2.33. The van der Waals surface area contributed by atoms with Crippen LogP contribution in [0.2, 0.25) is 0 Å². The molecule has 0 atom stereocenters. The molecule has 2 heterocycles. The molecule has 21 heavy (non-hydrogen) atoms. The van der Waals surface area contributed by atoms with Crippen LogP contribution in [0.3, 0.4) is 0 Å². The molecule has 7 heteroatoms. The Kier molecular flexibility index (Phi) is 3.77. The number of para-hydroxylation sites is 1. The second kappa shape index (κ2) is 5.57. The van der Waals surface area contributed by atoms with E-state index in [0.717, 1.165) is 42.7 Å². The molecule has 0 radical (unpaired) electrons. The molecule has 0 saturated carbocycles. The minimum Gasteiger partial charge on any atom is -0.356 e. The van der Waals surface area contributed by atoms with Crippen molar-refractivity contribution >= 4 is 26.7 Å². The van der Waals surface area contributed by atoms with E-state index < -0.39 is 10.0 Å². The summed E-state index contributed by atoms with van der Waals surface area (Å²) in [5, 5.41) is 1.04. The van der Waals surface area contributed by atoms with Gasteiger partial charge < -0.3 is 4.90 Å². The van der Waals surface area contributed by atoms with Crippen LogP contribution >= 0.6 is 0 Å². The summed E-state index contributed by atoms with van der Waals surface area (Å²) in [6, 6.07) is 7.95. The summed E-state index contributed by atoms with van der Waals surface area (Å²) in [5.41, 5.74) is 0.930. The van der Waals surface area contributed by atoms with Crippen LogP contribution in [0.15, 0.2) is 30.6 Å². The number of fused-ring (bicyclic) bond motifs is 1. The van der Waals surface area contributed by atoms with Crippen molar-refractivity contribution in [2.45, 2.75) is 18.9 Å². The van der Waals surface area contributed by atoms with Crippen LogP contribution in [0, 0.1) is 0 Å². The highest BCUT2D eigenvalue weighted by Crippen LogP contribution is 2.25. The number of hydrogen-bond donors (Lipinski definition) is 1. The molecule has 0 unspecified atom stereocenters. The Balaban J connectivity index is 1.77. The number of aromatic nitrogens is 2. The molecule has 1 aliphatic rings. The normalized spacial score (nSPS) is 17.3. The third kappa shape index (κ3) is 3.30. The Bertz CT molecular complexity index is 734. The summed E-state index contributed by atoms with van der Waals surface area (Å²) in [6.07, 6.45) is 4.35. The molecule has 2 aromatic rings. The van der Waals surface area contributed by atoms with Crippen LogP contribution in [-0.4, -0.2) is 43.8 Å². The number of nitrogens with one attached hydrogen (secondary N) is 1. The molecule has 1 saturated heterocycles. The fourth-order valence-corrected chi connectivity index (χ4v) is 3.60. The lowest BCUT2D eigenvalue weighted by atomic mass is 10.1. The highest BCUT2D eigenvalue weighted by Gasteiger charge is 2.23. The van der Waals surface area contributed by atoms with Crippen LogP contribution in [0.4, 0.5) is 5.82 Å². The number of benzene rings is 1. The van der Waals surface area contributed by atoms with E-state index in [1.807, 2.05) is 24.3 Å². The highest BCUT2D eigenvalue weighted by molar-refractivity contribution is 7.88. The van der Waals surface area contributed by atoms with Gasteiger partial charge in [-0.05, 0) is 25.0 Å². The van der Waals surface area contributed by atoms with Crippen LogP contribution in [-0.2, 0) is 10.0 Å². The molecular formula is C14H18N4O2S. The van der Waals surface area contributed by atoms with Crippen molar-refractivity contribution in [2.24, 2.45) is 0 Å². The second-order valence-corrected chi connectivity index (χ2v) is 7.15. The quantitative estimate of drug-likeness (QED) is 0.920. The number of hydrogen-bond acceptors (Lipinski definition) is 5. The van der Waals surface area contributed by atoms with Gasteiger partial charge in [-0.25, -0.2) is 23.1 Å². The van der Waals surface area contributed by atoms with Gasteiger partial charge in [-0.15, -0.1) is 0 Å². The topological polar surface area (TPSA) is 75.2 Å². The first-order valence-electron chi connectivity index (χ1n) is 6.95. The van der Waals surface area contributed by atoms with Crippen molar-refractivity contribution in [1.29, 1.82) is 0 Å². The van der Waals surface area contributed by atoms with Gasteiger partial charge in [-0.2, -0.15) is 0 Å². The minimum atomic E-state index is -3.13. The van der Waals surface area contributed by atoms with E-state index in [1.54, 1.807) is 6.33 Å². The smallest absolute Gasteiger partial charge is 0.208 e. The Morgan fingerprint density at radius 2 is 1.90 bits per heavy atom. The molecule has 6 nitrogen and oxygen atoms in total. The van der Waals surface area contributed by atoms with E-state index >= 15 is 0 Å². The van der Waals surface area contributed by atoms with Gasteiger partial charge in [-0.1, -0.05) is 12.1 Å². The molecule has 3 rings (SSSR count). The third-order valence-corrected chi connectivity index (χ3v) is 4.46. The van der Waals surface area contributed by atoms with Gasteiger partial charge in [0.1, 0.15) is 12.1 Å². The first kappa shape index (κ1) is 14.2. The molecular weight excluding hydrogens is 288 g/mol.